The Labute approximate surface area is 106 Å². The molecule has 18 heavy (non-hydrogen) atoms. The number of likely N-dealkylation sites (tertiary alicyclic amines) is 1. The van der Waals surface area contributed by atoms with Crippen LogP contribution in [-0.4, -0.2) is 34.2 Å². The summed E-state index contributed by atoms with van der Waals surface area (Å²) in [6, 6.07) is 7.07. The first-order chi connectivity index (χ1) is 8.59. The Kier molecular flexibility index (Phi) is 3.55. The van der Waals surface area contributed by atoms with E-state index in [9.17, 15) is 9.90 Å². The lowest BCUT2D eigenvalue weighted by molar-refractivity contribution is -0.143. The minimum absolute atomic E-state index is 0.211. The fourth-order valence-electron chi connectivity index (χ4n) is 2.28. The van der Waals surface area contributed by atoms with Gasteiger partial charge in [-0.1, -0.05) is 18.7 Å². The molecule has 0 amide bonds. The monoisotopic (exact) mass is 247 g/mol. The number of carbonyl (C=O) groups is 1. The molecule has 1 fully saturated rings. The van der Waals surface area contributed by atoms with Crippen LogP contribution in [0.15, 0.2) is 30.8 Å². The van der Waals surface area contributed by atoms with Crippen LogP contribution in [0.3, 0.4) is 0 Å². The summed E-state index contributed by atoms with van der Waals surface area (Å²) in [5.41, 5.74) is 1.48. The van der Waals surface area contributed by atoms with Crippen molar-refractivity contribution in [2.75, 3.05) is 13.1 Å². The van der Waals surface area contributed by atoms with Gasteiger partial charge in [-0.15, -0.1) is 0 Å². The molecule has 0 atom stereocenters. The topological polar surface area (TPSA) is 60.8 Å². The smallest absolute Gasteiger partial charge is 0.306 e. The predicted molar refractivity (Wildman–Crippen MR) is 69.1 cm³/mol. The third-order valence-electron chi connectivity index (χ3n) is 3.44. The number of rotatable bonds is 3. The minimum atomic E-state index is -0.720. The molecular weight excluding hydrogens is 230 g/mol. The highest BCUT2D eigenvalue weighted by Gasteiger charge is 2.25. The zero-order chi connectivity index (χ0) is 13.1. The average Bonchev–Trinajstić information content (AvgIpc) is 2.38. The Bertz CT molecular complexity index is 462. The Morgan fingerprint density at radius 2 is 1.89 bits per heavy atom. The number of aliphatic carboxylic acids is 1. The van der Waals surface area contributed by atoms with Gasteiger partial charge in [0.15, 0.2) is 0 Å². The third-order valence-corrected chi connectivity index (χ3v) is 3.44. The van der Waals surface area contributed by atoms with Gasteiger partial charge >= 0.3 is 5.97 Å². The van der Waals surface area contributed by atoms with Crippen LogP contribution >= 0.6 is 0 Å². The number of para-hydroxylation sites is 1. The lowest BCUT2D eigenvalue weighted by Crippen LogP contribution is -2.34. The normalized spacial score (nSPS) is 16.6. The zero-order valence-corrected chi connectivity index (χ0v) is 10.2. The molecule has 96 valence electrons. The molecule has 1 aromatic rings. The number of nitrogens with zero attached hydrogens (tertiary/aromatic N) is 1. The summed E-state index contributed by atoms with van der Waals surface area (Å²) >= 11 is 0. The van der Waals surface area contributed by atoms with E-state index in [1.807, 2.05) is 17.0 Å². The van der Waals surface area contributed by atoms with E-state index in [-0.39, 0.29) is 11.7 Å². The fraction of sp³-hybridized carbons (Fsp3) is 0.357. The predicted octanol–water partition coefficient (Wildman–Crippen LogP) is 2.16. The highest BCUT2D eigenvalue weighted by atomic mass is 16.4. The number of benzene rings is 1. The van der Waals surface area contributed by atoms with E-state index in [4.69, 9.17) is 5.11 Å². The molecule has 0 aliphatic carbocycles. The summed E-state index contributed by atoms with van der Waals surface area (Å²) in [5, 5.41) is 18.7. The second kappa shape index (κ2) is 5.12. The number of phenolic OH excluding ortho intramolecular Hbond substituents is 1. The maximum atomic E-state index is 10.9. The Morgan fingerprint density at radius 1 is 1.28 bits per heavy atom. The van der Waals surface area contributed by atoms with Crippen molar-refractivity contribution in [3.05, 3.63) is 36.4 Å². The second-order valence-electron chi connectivity index (χ2n) is 4.56. The Hall–Kier alpha value is -1.97. The van der Waals surface area contributed by atoms with E-state index in [0.29, 0.717) is 31.5 Å². The second-order valence-corrected chi connectivity index (χ2v) is 4.56. The van der Waals surface area contributed by atoms with Gasteiger partial charge in [0.2, 0.25) is 0 Å². The van der Waals surface area contributed by atoms with Crippen molar-refractivity contribution in [2.45, 2.75) is 12.8 Å². The summed E-state index contributed by atoms with van der Waals surface area (Å²) in [5.74, 6) is -0.760. The third kappa shape index (κ3) is 2.47. The number of aromatic hydroxyl groups is 1. The molecule has 1 aliphatic rings. The van der Waals surface area contributed by atoms with Crippen LogP contribution in [0.5, 0.6) is 5.75 Å². The molecule has 0 spiro atoms. The zero-order valence-electron chi connectivity index (χ0n) is 10.2. The van der Waals surface area contributed by atoms with E-state index in [2.05, 4.69) is 6.58 Å². The first-order valence-electron chi connectivity index (χ1n) is 6.04. The molecule has 4 heteroatoms. The van der Waals surface area contributed by atoms with Crippen molar-refractivity contribution in [1.29, 1.82) is 0 Å². The quantitative estimate of drug-likeness (QED) is 0.859. The lowest BCUT2D eigenvalue weighted by Gasteiger charge is -2.33. The summed E-state index contributed by atoms with van der Waals surface area (Å²) in [6.07, 6.45) is 1.25. The molecule has 4 nitrogen and oxygen atoms in total. The van der Waals surface area contributed by atoms with Crippen molar-refractivity contribution in [3.8, 4) is 5.75 Å². The highest BCUT2D eigenvalue weighted by molar-refractivity contribution is 5.71. The lowest BCUT2D eigenvalue weighted by atomic mass is 9.96. The molecular formula is C14H17NO3. The van der Waals surface area contributed by atoms with E-state index in [1.165, 1.54) is 0 Å². The molecule has 1 heterocycles. The van der Waals surface area contributed by atoms with Gasteiger partial charge in [-0.05, 0) is 25.0 Å². The molecule has 0 unspecified atom stereocenters. The number of hydrogen-bond donors (Lipinski definition) is 2. The van der Waals surface area contributed by atoms with Crippen LogP contribution in [0.4, 0.5) is 0 Å². The summed E-state index contributed by atoms with van der Waals surface area (Å²) in [6.45, 7) is 5.34. The summed E-state index contributed by atoms with van der Waals surface area (Å²) < 4.78 is 0. The van der Waals surface area contributed by atoms with Gasteiger partial charge in [-0.2, -0.15) is 0 Å². The first-order valence-corrected chi connectivity index (χ1v) is 6.04. The van der Waals surface area contributed by atoms with E-state index in [0.717, 1.165) is 5.70 Å². The number of phenols is 1. The number of carboxylic acids is 1. The maximum Gasteiger partial charge on any atom is 0.306 e. The highest BCUT2D eigenvalue weighted by Crippen LogP contribution is 2.29. The largest absolute Gasteiger partial charge is 0.507 e. The van der Waals surface area contributed by atoms with Crippen LogP contribution in [-0.2, 0) is 4.79 Å². The number of carboxylic acid groups (broad SMARTS) is 1. The van der Waals surface area contributed by atoms with Crippen molar-refractivity contribution < 1.29 is 15.0 Å². The van der Waals surface area contributed by atoms with Crippen molar-refractivity contribution in [1.82, 2.24) is 4.90 Å². The fourth-order valence-corrected chi connectivity index (χ4v) is 2.28. The van der Waals surface area contributed by atoms with Crippen LogP contribution in [0.25, 0.3) is 5.70 Å². The van der Waals surface area contributed by atoms with Gasteiger partial charge < -0.3 is 15.1 Å². The van der Waals surface area contributed by atoms with Crippen molar-refractivity contribution in [3.63, 3.8) is 0 Å². The minimum Gasteiger partial charge on any atom is -0.507 e. The van der Waals surface area contributed by atoms with E-state index >= 15 is 0 Å². The van der Waals surface area contributed by atoms with Gasteiger partial charge in [0, 0.05) is 24.4 Å². The summed E-state index contributed by atoms with van der Waals surface area (Å²) in [7, 11) is 0. The average molecular weight is 247 g/mol. The van der Waals surface area contributed by atoms with Crippen LogP contribution < -0.4 is 0 Å². The SMILES string of the molecule is C=C(c1ccccc1O)N1CCC(C(=O)O)CC1. The van der Waals surface area contributed by atoms with Gasteiger partial charge in [-0.25, -0.2) is 0 Å². The van der Waals surface area contributed by atoms with Crippen molar-refractivity contribution in [2.24, 2.45) is 5.92 Å². The summed E-state index contributed by atoms with van der Waals surface area (Å²) in [4.78, 5) is 12.9. The standard InChI is InChI=1S/C14H17NO3/c1-10(12-4-2-3-5-13(12)16)15-8-6-11(7-9-15)14(17)18/h2-5,11,16H,1,6-9H2,(H,17,18). The Morgan fingerprint density at radius 3 is 2.44 bits per heavy atom. The van der Waals surface area contributed by atoms with Gasteiger partial charge in [0.05, 0.1) is 5.92 Å². The molecule has 2 rings (SSSR count). The molecule has 1 aliphatic heterocycles. The molecule has 2 N–H and O–H groups in total. The molecule has 1 aromatic carbocycles. The van der Waals surface area contributed by atoms with E-state index < -0.39 is 5.97 Å². The van der Waals surface area contributed by atoms with Crippen LogP contribution in [0, 0.1) is 5.92 Å². The maximum absolute atomic E-state index is 10.9. The Balaban J connectivity index is 2.04. The van der Waals surface area contributed by atoms with Crippen LogP contribution in [0.1, 0.15) is 18.4 Å². The molecule has 0 saturated carbocycles. The van der Waals surface area contributed by atoms with E-state index in [1.54, 1.807) is 12.1 Å². The van der Waals surface area contributed by atoms with Gasteiger partial charge in [0.1, 0.15) is 5.75 Å². The number of piperidine rings is 1. The van der Waals surface area contributed by atoms with Gasteiger partial charge in [-0.3, -0.25) is 4.79 Å². The van der Waals surface area contributed by atoms with Gasteiger partial charge in [0.25, 0.3) is 0 Å². The van der Waals surface area contributed by atoms with Crippen LogP contribution in [0.2, 0.25) is 0 Å². The first kappa shape index (κ1) is 12.5. The number of hydrogen-bond acceptors (Lipinski definition) is 3. The molecule has 0 aromatic heterocycles. The molecule has 0 bridgehead atoms. The van der Waals surface area contributed by atoms with Crippen molar-refractivity contribution >= 4 is 11.7 Å². The molecule has 0 radical (unpaired) electrons. The molecule has 1 saturated heterocycles.